The van der Waals surface area contributed by atoms with Crippen molar-refractivity contribution in [2.45, 2.75) is 44.8 Å². The molecule has 0 aliphatic carbocycles. The quantitative estimate of drug-likeness (QED) is 0.327. The molecule has 2 aromatic rings. The molecule has 0 aromatic heterocycles. The molecule has 29 heavy (non-hydrogen) atoms. The van der Waals surface area contributed by atoms with Crippen molar-refractivity contribution in [2.75, 3.05) is 14.1 Å². The van der Waals surface area contributed by atoms with Gasteiger partial charge in [-0.1, -0.05) is 42.0 Å². The Hall–Kier alpha value is -1.65. The Morgan fingerprint density at radius 2 is 1.41 bits per heavy atom. The summed E-state index contributed by atoms with van der Waals surface area (Å²) in [4.78, 5) is 4.53. The molecule has 0 unspecified atom stereocenters. The first-order valence-corrected chi connectivity index (χ1v) is 10.7. The zero-order valence-electron chi connectivity index (χ0n) is 17.6. The highest BCUT2D eigenvalue weighted by atomic mass is 127. The van der Waals surface area contributed by atoms with Crippen molar-refractivity contribution in [3.05, 3.63) is 65.2 Å². The van der Waals surface area contributed by atoms with Gasteiger partial charge in [-0.3, -0.25) is 4.99 Å². The summed E-state index contributed by atoms with van der Waals surface area (Å²) in [5.41, 5.74) is 3.39. The topological polar surface area (TPSA) is 73.8 Å². The smallest absolute Gasteiger partial charge is 0.243 e. The average molecular weight is 530 g/mol. The molecule has 2 rings (SSSR count). The van der Waals surface area contributed by atoms with Gasteiger partial charge in [0.05, 0.1) is 4.90 Å². The molecule has 0 radical (unpaired) electrons. The second-order valence-electron chi connectivity index (χ2n) is 7.02. The van der Waals surface area contributed by atoms with Crippen molar-refractivity contribution in [1.29, 1.82) is 0 Å². The summed E-state index contributed by atoms with van der Waals surface area (Å²) >= 11 is 0. The van der Waals surface area contributed by atoms with Gasteiger partial charge in [-0.15, -0.1) is 24.0 Å². The Morgan fingerprint density at radius 1 is 0.966 bits per heavy atom. The molecule has 0 saturated heterocycles. The summed E-state index contributed by atoms with van der Waals surface area (Å²) in [5.74, 6) is 0.691. The highest BCUT2D eigenvalue weighted by molar-refractivity contribution is 14.0. The molecule has 8 heteroatoms. The summed E-state index contributed by atoms with van der Waals surface area (Å²) in [7, 11) is -0.136. The van der Waals surface area contributed by atoms with Crippen LogP contribution in [0, 0.1) is 6.92 Å². The number of rotatable bonds is 7. The molecule has 0 amide bonds. The molecule has 0 atom stereocenters. The molecule has 0 heterocycles. The number of aliphatic imine (C=N–C) groups is 1. The summed E-state index contributed by atoms with van der Waals surface area (Å²) in [6, 6.07) is 15.2. The molecule has 0 saturated carbocycles. The summed E-state index contributed by atoms with van der Waals surface area (Å²) in [6.45, 7) is 7.00. The molecular weight excluding hydrogens is 499 g/mol. The van der Waals surface area contributed by atoms with Gasteiger partial charge in [-0.25, -0.2) is 8.42 Å². The average Bonchev–Trinajstić information content (AvgIpc) is 2.69. The highest BCUT2D eigenvalue weighted by Crippen LogP contribution is 2.17. The van der Waals surface area contributed by atoms with E-state index in [0.717, 1.165) is 5.56 Å². The first-order valence-electron chi connectivity index (χ1n) is 9.31. The van der Waals surface area contributed by atoms with Crippen molar-refractivity contribution >= 4 is 40.0 Å². The largest absolute Gasteiger partial charge is 0.352 e. The summed E-state index contributed by atoms with van der Waals surface area (Å²) in [6.07, 6.45) is 0. The van der Waals surface area contributed by atoms with Crippen molar-refractivity contribution in [3.8, 4) is 0 Å². The molecule has 2 aromatic carbocycles. The van der Waals surface area contributed by atoms with E-state index in [4.69, 9.17) is 0 Å². The lowest BCUT2D eigenvalue weighted by Crippen LogP contribution is -2.36. The van der Waals surface area contributed by atoms with E-state index in [-0.39, 0.29) is 30.0 Å². The molecule has 0 fully saturated rings. The lowest BCUT2D eigenvalue weighted by atomic mass is 10.1. The number of benzene rings is 2. The van der Waals surface area contributed by atoms with Crippen LogP contribution in [0.2, 0.25) is 0 Å². The Labute approximate surface area is 191 Å². The molecule has 0 aliphatic heterocycles. The van der Waals surface area contributed by atoms with E-state index >= 15 is 0 Å². The first-order chi connectivity index (χ1) is 13.2. The number of nitrogens with zero attached hydrogens (tertiary/aromatic N) is 2. The number of sulfonamides is 1. The van der Waals surface area contributed by atoms with Crippen molar-refractivity contribution < 1.29 is 8.42 Å². The third-order valence-electron chi connectivity index (χ3n) is 4.59. The highest BCUT2D eigenvalue weighted by Gasteiger charge is 2.22. The monoisotopic (exact) mass is 530 g/mol. The molecule has 0 spiro atoms. The number of aryl methyl sites for hydroxylation is 1. The lowest BCUT2D eigenvalue weighted by molar-refractivity contribution is 0.410. The van der Waals surface area contributed by atoms with E-state index in [9.17, 15) is 8.42 Å². The fourth-order valence-corrected chi connectivity index (χ4v) is 3.89. The van der Waals surface area contributed by atoms with Gasteiger partial charge >= 0.3 is 0 Å². The molecule has 160 valence electrons. The number of hydrogen-bond donors (Lipinski definition) is 2. The minimum atomic E-state index is -3.46. The van der Waals surface area contributed by atoms with Crippen LogP contribution in [0.3, 0.4) is 0 Å². The maximum absolute atomic E-state index is 12.5. The Balaban J connectivity index is 0.00000420. The molecule has 0 aliphatic rings. The predicted molar refractivity (Wildman–Crippen MR) is 130 cm³/mol. The van der Waals surface area contributed by atoms with Crippen LogP contribution in [0.15, 0.2) is 58.4 Å². The van der Waals surface area contributed by atoms with Crippen LogP contribution in [0.1, 0.15) is 30.5 Å². The van der Waals surface area contributed by atoms with E-state index < -0.39 is 10.0 Å². The van der Waals surface area contributed by atoms with E-state index in [1.165, 1.54) is 15.4 Å². The molecule has 2 N–H and O–H groups in total. The zero-order chi connectivity index (χ0) is 20.7. The van der Waals surface area contributed by atoms with Crippen LogP contribution in [-0.2, 0) is 23.1 Å². The van der Waals surface area contributed by atoms with Crippen LogP contribution in [0.25, 0.3) is 0 Å². The summed E-state index contributed by atoms with van der Waals surface area (Å²) < 4.78 is 26.4. The van der Waals surface area contributed by atoms with Crippen LogP contribution >= 0.6 is 24.0 Å². The Bertz CT molecular complexity index is 895. The number of nitrogens with one attached hydrogen (secondary N) is 2. The van der Waals surface area contributed by atoms with Gasteiger partial charge in [0, 0.05) is 33.2 Å². The number of hydrogen-bond acceptors (Lipinski definition) is 3. The number of halogens is 1. The third-order valence-corrected chi connectivity index (χ3v) is 6.64. The van der Waals surface area contributed by atoms with Gasteiger partial charge in [0.2, 0.25) is 10.0 Å². The normalized spacial score (nSPS) is 12.0. The fourth-order valence-electron chi connectivity index (χ4n) is 2.52. The standard InChI is InChI=1S/C21H30N4O2S.HI/c1-16(2)25(5)28(26,27)20-12-10-19(11-13-20)15-24-21(22-4)23-14-18-8-6-17(3)7-9-18;/h6-13,16H,14-15H2,1-5H3,(H2,22,23,24);1H. The van der Waals surface area contributed by atoms with Crippen LogP contribution in [-0.4, -0.2) is 38.8 Å². The van der Waals surface area contributed by atoms with Crippen molar-refractivity contribution in [1.82, 2.24) is 14.9 Å². The van der Waals surface area contributed by atoms with Crippen LogP contribution in [0.5, 0.6) is 0 Å². The van der Waals surface area contributed by atoms with Crippen molar-refractivity contribution in [2.24, 2.45) is 4.99 Å². The first kappa shape index (κ1) is 25.4. The van der Waals surface area contributed by atoms with Gasteiger partial charge in [0.15, 0.2) is 5.96 Å². The van der Waals surface area contributed by atoms with Gasteiger partial charge in [0.1, 0.15) is 0 Å². The van der Waals surface area contributed by atoms with E-state index in [0.29, 0.717) is 23.9 Å². The van der Waals surface area contributed by atoms with Gasteiger partial charge < -0.3 is 10.6 Å². The predicted octanol–water partition coefficient (Wildman–Crippen LogP) is 3.51. The SMILES string of the molecule is CN=C(NCc1ccc(C)cc1)NCc1ccc(S(=O)(=O)N(C)C(C)C)cc1.I. The van der Waals surface area contributed by atoms with Gasteiger partial charge in [-0.2, -0.15) is 4.31 Å². The van der Waals surface area contributed by atoms with E-state index in [1.54, 1.807) is 26.2 Å². The van der Waals surface area contributed by atoms with Gasteiger partial charge in [0.25, 0.3) is 0 Å². The summed E-state index contributed by atoms with van der Waals surface area (Å²) in [5, 5.41) is 6.52. The molecular formula is C21H31IN4O2S. The van der Waals surface area contributed by atoms with Crippen LogP contribution in [0.4, 0.5) is 0 Å². The minimum Gasteiger partial charge on any atom is -0.352 e. The third kappa shape index (κ3) is 7.27. The maximum atomic E-state index is 12.5. The van der Waals surface area contributed by atoms with E-state index in [1.807, 2.05) is 26.0 Å². The lowest BCUT2D eigenvalue weighted by Gasteiger charge is -2.21. The molecule has 0 bridgehead atoms. The Kier molecular flexibility index (Phi) is 10.1. The maximum Gasteiger partial charge on any atom is 0.243 e. The number of guanidine groups is 1. The van der Waals surface area contributed by atoms with Crippen LogP contribution < -0.4 is 10.6 Å². The van der Waals surface area contributed by atoms with Crippen molar-refractivity contribution in [3.63, 3.8) is 0 Å². The molecule has 6 nitrogen and oxygen atoms in total. The second-order valence-corrected chi connectivity index (χ2v) is 9.02. The minimum absolute atomic E-state index is 0. The zero-order valence-corrected chi connectivity index (χ0v) is 20.8. The Morgan fingerprint density at radius 3 is 1.83 bits per heavy atom. The van der Waals surface area contributed by atoms with Gasteiger partial charge in [-0.05, 0) is 44.0 Å². The fraction of sp³-hybridized carbons (Fsp3) is 0.381. The van der Waals surface area contributed by atoms with E-state index in [2.05, 4.69) is 46.8 Å². The second kappa shape index (κ2) is 11.5.